The van der Waals surface area contributed by atoms with Crippen LogP contribution in [-0.4, -0.2) is 12.9 Å². The average molecular weight is 424 g/mol. The van der Waals surface area contributed by atoms with Crippen molar-refractivity contribution in [2.75, 3.05) is 12.4 Å². The molecule has 3 aromatic carbocycles. The first-order chi connectivity index (χ1) is 13.0. The Morgan fingerprint density at radius 1 is 1.04 bits per heavy atom. The fourth-order valence-electron chi connectivity index (χ4n) is 2.96. The summed E-state index contributed by atoms with van der Waals surface area (Å²) in [5.41, 5.74) is 3.94. The van der Waals surface area contributed by atoms with Gasteiger partial charge in [0.05, 0.1) is 13.2 Å². The van der Waals surface area contributed by atoms with Gasteiger partial charge >= 0.3 is 0 Å². The Labute approximate surface area is 168 Å². The smallest absolute Gasteiger partial charge is 0.165 e. The maximum absolute atomic E-state index is 12.9. The van der Waals surface area contributed by atoms with Gasteiger partial charge in [0.1, 0.15) is 5.75 Å². The number of methoxy groups -OCH3 is 1. The molecule has 0 aliphatic carbocycles. The molecule has 0 amide bonds. The predicted molar refractivity (Wildman–Crippen MR) is 114 cm³/mol. The molecule has 0 aromatic heterocycles. The number of carbonyl (C=O) groups is 1. The van der Waals surface area contributed by atoms with Crippen molar-refractivity contribution in [1.29, 1.82) is 0 Å². The minimum Gasteiger partial charge on any atom is -0.497 e. The van der Waals surface area contributed by atoms with Gasteiger partial charge in [0, 0.05) is 22.1 Å². The number of ether oxygens (including phenoxy) is 1. The van der Waals surface area contributed by atoms with Crippen molar-refractivity contribution >= 4 is 27.4 Å². The van der Waals surface area contributed by atoms with Crippen LogP contribution >= 0.6 is 15.9 Å². The highest BCUT2D eigenvalue weighted by molar-refractivity contribution is 9.10. The first-order valence-corrected chi connectivity index (χ1v) is 9.60. The molecule has 27 heavy (non-hydrogen) atoms. The molecule has 0 heterocycles. The number of aryl methyl sites for hydroxylation is 1. The van der Waals surface area contributed by atoms with Gasteiger partial charge in [0.2, 0.25) is 0 Å². The molecule has 0 aliphatic heterocycles. The van der Waals surface area contributed by atoms with E-state index in [1.165, 1.54) is 5.56 Å². The summed E-state index contributed by atoms with van der Waals surface area (Å²) in [5, 5.41) is 3.52. The molecule has 1 unspecified atom stereocenters. The number of carbonyl (C=O) groups excluding carboxylic acids is 1. The number of nitrogens with one attached hydrogen (secondary N) is 1. The summed E-state index contributed by atoms with van der Waals surface area (Å²) in [5.74, 6) is 0.833. The highest BCUT2D eigenvalue weighted by atomic mass is 79.9. The summed E-state index contributed by atoms with van der Waals surface area (Å²) in [4.78, 5) is 12.9. The van der Waals surface area contributed by atoms with Crippen LogP contribution in [0.3, 0.4) is 0 Å². The van der Waals surface area contributed by atoms with Crippen molar-refractivity contribution in [3.05, 3.63) is 94.0 Å². The maximum Gasteiger partial charge on any atom is 0.165 e. The van der Waals surface area contributed by atoms with E-state index >= 15 is 0 Å². The molecule has 0 saturated carbocycles. The second-order valence-corrected chi connectivity index (χ2v) is 7.39. The highest BCUT2D eigenvalue weighted by Gasteiger charge is 2.17. The normalized spacial score (nSPS) is 11.7. The van der Waals surface area contributed by atoms with Gasteiger partial charge in [-0.25, -0.2) is 0 Å². The van der Waals surface area contributed by atoms with Crippen molar-refractivity contribution in [1.82, 2.24) is 0 Å². The van der Waals surface area contributed by atoms with Crippen LogP contribution in [0, 0.1) is 6.92 Å². The van der Waals surface area contributed by atoms with Crippen molar-refractivity contribution in [3.8, 4) is 5.75 Å². The maximum atomic E-state index is 12.9. The Balaban J connectivity index is 1.84. The van der Waals surface area contributed by atoms with Gasteiger partial charge < -0.3 is 10.1 Å². The summed E-state index contributed by atoms with van der Waals surface area (Å²) in [6, 6.07) is 23.4. The largest absolute Gasteiger partial charge is 0.497 e. The van der Waals surface area contributed by atoms with Gasteiger partial charge in [-0.2, -0.15) is 0 Å². The molecule has 0 spiro atoms. The third-order valence-electron chi connectivity index (χ3n) is 4.43. The molecule has 0 fully saturated rings. The monoisotopic (exact) mass is 423 g/mol. The van der Waals surface area contributed by atoms with Crippen molar-refractivity contribution in [3.63, 3.8) is 0 Å². The summed E-state index contributed by atoms with van der Waals surface area (Å²) in [6.45, 7) is 2.06. The zero-order valence-corrected chi connectivity index (χ0v) is 17.0. The van der Waals surface area contributed by atoms with E-state index in [9.17, 15) is 4.79 Å². The number of rotatable bonds is 7. The van der Waals surface area contributed by atoms with Crippen LogP contribution in [0.2, 0.25) is 0 Å². The van der Waals surface area contributed by atoms with E-state index in [0.717, 1.165) is 21.5 Å². The Morgan fingerprint density at radius 2 is 1.74 bits per heavy atom. The lowest BCUT2D eigenvalue weighted by Gasteiger charge is -2.20. The minimum absolute atomic E-state index is 0.0886. The van der Waals surface area contributed by atoms with E-state index in [2.05, 4.69) is 40.3 Å². The molecular weight excluding hydrogens is 402 g/mol. The second-order valence-electron chi connectivity index (χ2n) is 6.47. The standard InChI is InChI=1S/C23H22BrNO2/c1-16-4-3-5-20(14-16)25-22(17-6-10-19(24)11-7-17)15-23(26)18-8-12-21(27-2)13-9-18/h3-14,22,25H,15H2,1-2H3. The molecule has 3 rings (SSSR count). The fraction of sp³-hybridized carbons (Fsp3) is 0.174. The quantitative estimate of drug-likeness (QED) is 0.460. The number of anilines is 1. The zero-order valence-electron chi connectivity index (χ0n) is 15.4. The molecule has 0 bridgehead atoms. The molecule has 1 N–H and O–H groups in total. The first kappa shape index (κ1) is 19.2. The number of ketones is 1. The second kappa shape index (κ2) is 8.87. The Morgan fingerprint density at radius 3 is 2.37 bits per heavy atom. The molecule has 138 valence electrons. The number of Topliss-reactive ketones (excluding diaryl/α,β-unsaturated/α-hetero) is 1. The van der Waals surface area contributed by atoms with Crippen molar-refractivity contribution < 1.29 is 9.53 Å². The van der Waals surface area contributed by atoms with Gasteiger partial charge in [-0.1, -0.05) is 40.2 Å². The minimum atomic E-state index is -0.116. The van der Waals surface area contributed by atoms with Gasteiger partial charge in [0.15, 0.2) is 5.78 Å². The van der Waals surface area contributed by atoms with Crippen LogP contribution in [0.15, 0.2) is 77.3 Å². The lowest BCUT2D eigenvalue weighted by molar-refractivity contribution is 0.0976. The summed E-state index contributed by atoms with van der Waals surface area (Å²) in [6.07, 6.45) is 0.363. The first-order valence-electron chi connectivity index (χ1n) is 8.81. The van der Waals surface area contributed by atoms with E-state index in [-0.39, 0.29) is 11.8 Å². The van der Waals surface area contributed by atoms with Crippen LogP contribution in [0.25, 0.3) is 0 Å². The molecule has 0 radical (unpaired) electrons. The highest BCUT2D eigenvalue weighted by Crippen LogP contribution is 2.26. The van der Waals surface area contributed by atoms with E-state index in [4.69, 9.17) is 4.74 Å². The third kappa shape index (κ3) is 5.20. The molecule has 0 aliphatic rings. The van der Waals surface area contributed by atoms with Gasteiger partial charge in [-0.3, -0.25) is 4.79 Å². The van der Waals surface area contributed by atoms with E-state index in [1.54, 1.807) is 7.11 Å². The molecule has 4 heteroatoms. The van der Waals surface area contributed by atoms with Crippen LogP contribution in [0.1, 0.15) is 33.9 Å². The van der Waals surface area contributed by atoms with Crippen molar-refractivity contribution in [2.24, 2.45) is 0 Å². The van der Waals surface area contributed by atoms with E-state index in [0.29, 0.717) is 12.0 Å². The molecule has 3 aromatic rings. The number of halogens is 1. The van der Waals surface area contributed by atoms with Crippen LogP contribution in [-0.2, 0) is 0 Å². The van der Waals surface area contributed by atoms with Gasteiger partial charge in [-0.15, -0.1) is 0 Å². The molecule has 3 nitrogen and oxygen atoms in total. The topological polar surface area (TPSA) is 38.3 Å². The molecular formula is C23H22BrNO2. The van der Waals surface area contributed by atoms with Crippen LogP contribution in [0.5, 0.6) is 5.75 Å². The lowest BCUT2D eigenvalue weighted by Crippen LogP contribution is -2.16. The van der Waals surface area contributed by atoms with E-state index < -0.39 is 0 Å². The number of benzene rings is 3. The third-order valence-corrected chi connectivity index (χ3v) is 4.96. The average Bonchev–Trinajstić information content (AvgIpc) is 2.68. The van der Waals surface area contributed by atoms with Crippen molar-refractivity contribution in [2.45, 2.75) is 19.4 Å². The van der Waals surface area contributed by atoms with Crippen LogP contribution < -0.4 is 10.1 Å². The lowest BCUT2D eigenvalue weighted by atomic mass is 9.97. The summed E-state index contributed by atoms with van der Waals surface area (Å²) in [7, 11) is 1.62. The number of hydrogen-bond acceptors (Lipinski definition) is 3. The molecule has 1 atom stereocenters. The predicted octanol–water partition coefficient (Wildman–Crippen LogP) is 6.19. The van der Waals surface area contributed by atoms with Crippen LogP contribution in [0.4, 0.5) is 5.69 Å². The Hall–Kier alpha value is -2.59. The summed E-state index contributed by atoms with van der Waals surface area (Å²) < 4.78 is 6.19. The number of hydrogen-bond donors (Lipinski definition) is 1. The summed E-state index contributed by atoms with van der Waals surface area (Å²) >= 11 is 3.47. The Bertz CT molecular complexity index is 904. The SMILES string of the molecule is COc1ccc(C(=O)CC(Nc2cccc(C)c2)c2ccc(Br)cc2)cc1. The molecule has 0 saturated heterocycles. The zero-order chi connectivity index (χ0) is 19.2. The fourth-order valence-corrected chi connectivity index (χ4v) is 3.23. The van der Waals surface area contributed by atoms with Gasteiger partial charge in [-0.05, 0) is 66.6 Å². The Kier molecular flexibility index (Phi) is 6.30. The van der Waals surface area contributed by atoms with Gasteiger partial charge in [0.25, 0.3) is 0 Å². The van der Waals surface area contributed by atoms with E-state index in [1.807, 2.05) is 60.7 Å².